The van der Waals surface area contributed by atoms with E-state index >= 15 is 0 Å². The van der Waals surface area contributed by atoms with Crippen LogP contribution < -0.4 is 10.1 Å². The minimum atomic E-state index is -0.0513. The molecular weight excluding hydrogens is 380 g/mol. The van der Waals surface area contributed by atoms with E-state index in [0.29, 0.717) is 24.4 Å². The molecule has 7 heteroatoms. The smallest absolute Gasteiger partial charge is 0.246 e. The second-order valence-electron chi connectivity index (χ2n) is 8.20. The van der Waals surface area contributed by atoms with Gasteiger partial charge in [0.1, 0.15) is 18.2 Å². The van der Waals surface area contributed by atoms with Crippen molar-refractivity contribution in [3.05, 3.63) is 41.9 Å². The highest BCUT2D eigenvalue weighted by Crippen LogP contribution is 2.42. The average Bonchev–Trinajstić information content (AvgIpc) is 2.77. The maximum absolute atomic E-state index is 11.8. The van der Waals surface area contributed by atoms with Crippen molar-refractivity contribution in [1.82, 2.24) is 20.2 Å². The second kappa shape index (κ2) is 9.10. The van der Waals surface area contributed by atoms with Gasteiger partial charge in [-0.25, -0.2) is 9.97 Å². The van der Waals surface area contributed by atoms with E-state index in [2.05, 4.69) is 21.3 Å². The van der Waals surface area contributed by atoms with Crippen LogP contribution in [-0.4, -0.2) is 67.3 Å². The molecule has 3 aliphatic heterocycles. The zero-order valence-electron chi connectivity index (χ0n) is 17.9. The molecule has 0 radical (unpaired) electrons. The van der Waals surface area contributed by atoms with Gasteiger partial charge in [0.05, 0.1) is 12.8 Å². The summed E-state index contributed by atoms with van der Waals surface area (Å²) in [7, 11) is 3.23. The van der Waals surface area contributed by atoms with Gasteiger partial charge in [-0.05, 0) is 50.4 Å². The number of benzene rings is 1. The topological polar surface area (TPSA) is 76.6 Å². The average molecular weight is 411 g/mol. The molecule has 1 aromatic heterocycles. The molecular formula is C23H30N4O3. The minimum absolute atomic E-state index is 0.0513. The quantitative estimate of drug-likeness (QED) is 0.755. The molecule has 0 spiro atoms. The first-order valence-corrected chi connectivity index (χ1v) is 10.6. The molecule has 1 amide bonds. The number of hydrogen-bond donors (Lipinski definition) is 1. The summed E-state index contributed by atoms with van der Waals surface area (Å²) in [5, 5.41) is 3.00. The standard InChI is InChI=1S/C23H30N4O3/c1-15-25-20(18-6-4-5-7-22(18)30-3)11-21(26-15)19-13-27-9-8-16(19)10-17(27)12-24-23(28)14-29-2/h4-7,11,16-17,19H,8-10,12-14H2,1-3H3,(H,24,28). The highest BCUT2D eigenvalue weighted by molar-refractivity contribution is 5.77. The Hall–Kier alpha value is -2.51. The number of carbonyl (C=O) groups is 1. The zero-order chi connectivity index (χ0) is 21.1. The number of piperidine rings is 3. The maximum atomic E-state index is 11.8. The molecule has 4 unspecified atom stereocenters. The molecule has 1 N–H and O–H groups in total. The van der Waals surface area contributed by atoms with Crippen LogP contribution in [0.1, 0.15) is 30.3 Å². The number of amides is 1. The summed E-state index contributed by atoms with van der Waals surface area (Å²) >= 11 is 0. The van der Waals surface area contributed by atoms with Crippen LogP contribution in [0.25, 0.3) is 11.3 Å². The normalized spacial score (nSPS) is 25.2. The van der Waals surface area contributed by atoms with E-state index in [9.17, 15) is 4.79 Å². The summed E-state index contributed by atoms with van der Waals surface area (Å²) in [6.07, 6.45) is 2.24. The predicted molar refractivity (Wildman–Crippen MR) is 114 cm³/mol. The van der Waals surface area contributed by atoms with E-state index in [1.54, 1.807) is 14.2 Å². The molecule has 3 fully saturated rings. The lowest BCUT2D eigenvalue weighted by molar-refractivity contribution is -0.125. The van der Waals surface area contributed by atoms with Crippen molar-refractivity contribution >= 4 is 5.91 Å². The molecule has 0 saturated carbocycles. The third-order valence-electron chi connectivity index (χ3n) is 6.31. The maximum Gasteiger partial charge on any atom is 0.246 e. The molecule has 30 heavy (non-hydrogen) atoms. The van der Waals surface area contributed by atoms with Crippen LogP contribution in [0.4, 0.5) is 0 Å². The number of fused-ring (bicyclic) bond motifs is 3. The van der Waals surface area contributed by atoms with Gasteiger partial charge in [0.2, 0.25) is 5.91 Å². The molecule has 4 atom stereocenters. The number of hydrogen-bond acceptors (Lipinski definition) is 6. The fourth-order valence-corrected chi connectivity index (χ4v) is 4.87. The van der Waals surface area contributed by atoms with E-state index in [0.717, 1.165) is 48.0 Å². The van der Waals surface area contributed by atoms with Crippen LogP contribution in [0.15, 0.2) is 30.3 Å². The van der Waals surface area contributed by atoms with Crippen LogP contribution in [0.3, 0.4) is 0 Å². The van der Waals surface area contributed by atoms with Gasteiger partial charge in [0, 0.05) is 43.4 Å². The number of para-hydroxylation sites is 1. The highest BCUT2D eigenvalue weighted by atomic mass is 16.5. The van der Waals surface area contributed by atoms with Gasteiger partial charge >= 0.3 is 0 Å². The van der Waals surface area contributed by atoms with Gasteiger partial charge in [-0.15, -0.1) is 0 Å². The molecule has 7 nitrogen and oxygen atoms in total. The summed E-state index contributed by atoms with van der Waals surface area (Å²) in [6, 6.07) is 10.5. The van der Waals surface area contributed by atoms with Crippen molar-refractivity contribution in [3.63, 3.8) is 0 Å². The van der Waals surface area contributed by atoms with Gasteiger partial charge < -0.3 is 14.8 Å². The van der Waals surface area contributed by atoms with E-state index in [4.69, 9.17) is 14.5 Å². The van der Waals surface area contributed by atoms with E-state index < -0.39 is 0 Å². The summed E-state index contributed by atoms with van der Waals surface area (Å²) < 4.78 is 10.4. The Bertz CT molecular complexity index is 904. The van der Waals surface area contributed by atoms with Gasteiger partial charge in [0.25, 0.3) is 0 Å². The molecule has 3 aliphatic rings. The SMILES string of the molecule is COCC(=O)NCC1CC2CCN1CC2c1cc(-c2ccccc2OC)nc(C)n1. The fraction of sp³-hybridized carbons (Fsp3) is 0.522. The highest BCUT2D eigenvalue weighted by Gasteiger charge is 2.41. The lowest BCUT2D eigenvalue weighted by Crippen LogP contribution is -2.56. The molecule has 5 rings (SSSR count). The molecule has 0 aliphatic carbocycles. The second-order valence-corrected chi connectivity index (χ2v) is 8.20. The number of methoxy groups -OCH3 is 2. The monoisotopic (exact) mass is 410 g/mol. The Morgan fingerprint density at radius 2 is 2.10 bits per heavy atom. The molecule has 2 bridgehead atoms. The largest absolute Gasteiger partial charge is 0.496 e. The summed E-state index contributed by atoms with van der Waals surface area (Å²) in [5.74, 6) is 2.51. The van der Waals surface area contributed by atoms with Crippen molar-refractivity contribution < 1.29 is 14.3 Å². The molecule has 160 valence electrons. The van der Waals surface area contributed by atoms with Crippen molar-refractivity contribution in [2.45, 2.75) is 31.7 Å². The fourth-order valence-electron chi connectivity index (χ4n) is 4.87. The molecule has 4 heterocycles. The first-order chi connectivity index (χ1) is 14.6. The van der Waals surface area contributed by atoms with Crippen LogP contribution in [-0.2, 0) is 9.53 Å². The van der Waals surface area contributed by atoms with Crippen molar-refractivity contribution in [3.8, 4) is 17.0 Å². The van der Waals surface area contributed by atoms with Gasteiger partial charge in [-0.3, -0.25) is 9.69 Å². The van der Waals surface area contributed by atoms with E-state index in [1.165, 1.54) is 6.42 Å². The molecule has 1 aromatic carbocycles. The van der Waals surface area contributed by atoms with Crippen LogP contribution in [0, 0.1) is 12.8 Å². The van der Waals surface area contributed by atoms with Crippen LogP contribution in [0.2, 0.25) is 0 Å². The number of ether oxygens (including phenoxy) is 2. The first kappa shape index (κ1) is 20.8. The lowest BCUT2D eigenvalue weighted by Gasteiger charge is -2.49. The van der Waals surface area contributed by atoms with Crippen molar-refractivity contribution in [2.24, 2.45) is 5.92 Å². The van der Waals surface area contributed by atoms with E-state index in [-0.39, 0.29) is 12.5 Å². The zero-order valence-corrected chi connectivity index (χ0v) is 17.9. The number of nitrogens with zero attached hydrogens (tertiary/aromatic N) is 3. The summed E-state index contributed by atoms with van der Waals surface area (Å²) in [6.45, 7) is 4.80. The van der Waals surface area contributed by atoms with Crippen molar-refractivity contribution in [2.75, 3.05) is 40.5 Å². The number of aromatic nitrogens is 2. The number of rotatable bonds is 7. The Labute approximate surface area is 177 Å². The number of aryl methyl sites for hydroxylation is 1. The summed E-state index contributed by atoms with van der Waals surface area (Å²) in [5.41, 5.74) is 3.02. The minimum Gasteiger partial charge on any atom is -0.496 e. The number of nitrogens with one attached hydrogen (secondary N) is 1. The van der Waals surface area contributed by atoms with Crippen molar-refractivity contribution in [1.29, 1.82) is 0 Å². The Kier molecular flexibility index (Phi) is 6.29. The molecule has 3 saturated heterocycles. The van der Waals surface area contributed by atoms with Crippen LogP contribution in [0.5, 0.6) is 5.75 Å². The first-order valence-electron chi connectivity index (χ1n) is 10.6. The van der Waals surface area contributed by atoms with Crippen LogP contribution >= 0.6 is 0 Å². The van der Waals surface area contributed by atoms with Gasteiger partial charge in [-0.1, -0.05) is 12.1 Å². The van der Waals surface area contributed by atoms with E-state index in [1.807, 2.05) is 31.2 Å². The Morgan fingerprint density at radius 3 is 2.83 bits per heavy atom. The number of carbonyl (C=O) groups excluding carboxylic acids is 1. The molecule has 2 aromatic rings. The third kappa shape index (κ3) is 4.32. The van der Waals surface area contributed by atoms with Gasteiger partial charge in [-0.2, -0.15) is 0 Å². The predicted octanol–water partition coefficient (Wildman–Crippen LogP) is 2.40. The van der Waals surface area contributed by atoms with Gasteiger partial charge in [0.15, 0.2) is 0 Å². The Morgan fingerprint density at radius 1 is 1.27 bits per heavy atom. The Balaban J connectivity index is 1.52. The third-order valence-corrected chi connectivity index (χ3v) is 6.31. The lowest BCUT2D eigenvalue weighted by atomic mass is 9.74. The summed E-state index contributed by atoms with van der Waals surface area (Å²) in [4.78, 5) is 23.8.